The maximum absolute atomic E-state index is 10.9. The van der Waals surface area contributed by atoms with Crippen molar-refractivity contribution < 1.29 is 4.21 Å². The van der Waals surface area contributed by atoms with E-state index in [2.05, 4.69) is 15.3 Å². The zero-order valence-corrected chi connectivity index (χ0v) is 10.7. The Hall–Kier alpha value is -1.17. The van der Waals surface area contributed by atoms with Crippen LogP contribution in [0.25, 0.3) is 0 Å². The van der Waals surface area contributed by atoms with Crippen molar-refractivity contribution in [2.45, 2.75) is 19.8 Å². The molecule has 0 amide bonds. The van der Waals surface area contributed by atoms with Gasteiger partial charge in [-0.15, -0.1) is 0 Å². The van der Waals surface area contributed by atoms with Crippen LogP contribution in [-0.2, 0) is 10.8 Å². The first-order valence-corrected chi connectivity index (χ1v) is 6.89. The summed E-state index contributed by atoms with van der Waals surface area (Å²) in [6.07, 6.45) is 3.12. The highest BCUT2D eigenvalue weighted by Gasteiger charge is 2.12. The number of nitrogens with zero attached hydrogens (tertiary/aromatic N) is 2. The van der Waals surface area contributed by atoms with Gasteiger partial charge in [-0.1, -0.05) is 13.8 Å². The minimum Gasteiger partial charge on any atom is -0.383 e. The smallest absolute Gasteiger partial charge is 0.135 e. The van der Waals surface area contributed by atoms with E-state index in [1.165, 1.54) is 6.33 Å². The molecule has 1 aromatic heterocycles. The molecule has 16 heavy (non-hydrogen) atoms. The summed E-state index contributed by atoms with van der Waals surface area (Å²) < 4.78 is 10.9. The van der Waals surface area contributed by atoms with Gasteiger partial charge in [-0.05, 0) is 5.92 Å². The molecule has 1 unspecified atom stereocenters. The predicted molar refractivity (Wildman–Crippen MR) is 68.0 cm³/mol. The second-order valence-electron chi connectivity index (χ2n) is 3.88. The number of anilines is 2. The van der Waals surface area contributed by atoms with Crippen LogP contribution in [0.1, 0.15) is 25.3 Å². The van der Waals surface area contributed by atoms with Crippen LogP contribution in [0.3, 0.4) is 0 Å². The largest absolute Gasteiger partial charge is 0.383 e. The van der Waals surface area contributed by atoms with Crippen LogP contribution in [0.2, 0.25) is 0 Å². The van der Waals surface area contributed by atoms with Gasteiger partial charge in [0.1, 0.15) is 18.0 Å². The van der Waals surface area contributed by atoms with Crippen LogP contribution < -0.4 is 11.1 Å². The highest BCUT2D eigenvalue weighted by molar-refractivity contribution is 7.84. The first-order chi connectivity index (χ1) is 7.52. The van der Waals surface area contributed by atoms with Crippen LogP contribution >= 0.6 is 0 Å². The highest BCUT2D eigenvalue weighted by atomic mass is 32.2. The van der Waals surface area contributed by atoms with E-state index in [4.69, 9.17) is 5.73 Å². The first-order valence-electron chi connectivity index (χ1n) is 5.16. The standard InChI is InChI=1S/C10H18N4OS/c1-7(2)8-9(11)13-6-14-10(8)12-4-5-16(3)15/h6-7H,4-5H2,1-3H3,(H3,11,12,13,14). The Morgan fingerprint density at radius 2 is 2.19 bits per heavy atom. The van der Waals surface area contributed by atoms with E-state index in [1.807, 2.05) is 13.8 Å². The topological polar surface area (TPSA) is 80.9 Å². The fourth-order valence-corrected chi connectivity index (χ4v) is 1.82. The lowest BCUT2D eigenvalue weighted by atomic mass is 10.1. The molecular weight excluding hydrogens is 224 g/mol. The fourth-order valence-electron chi connectivity index (χ4n) is 1.43. The van der Waals surface area contributed by atoms with Gasteiger partial charge in [-0.25, -0.2) is 9.97 Å². The van der Waals surface area contributed by atoms with Crippen LogP contribution in [-0.4, -0.2) is 32.7 Å². The normalized spacial score (nSPS) is 12.8. The van der Waals surface area contributed by atoms with E-state index in [1.54, 1.807) is 6.26 Å². The molecule has 0 fully saturated rings. The summed E-state index contributed by atoms with van der Waals surface area (Å²) in [5.74, 6) is 2.11. The number of rotatable bonds is 5. The summed E-state index contributed by atoms with van der Waals surface area (Å²) in [7, 11) is -0.799. The molecule has 1 rings (SSSR count). The number of nitrogens with two attached hydrogens (primary N) is 1. The van der Waals surface area contributed by atoms with E-state index in [0.717, 1.165) is 11.4 Å². The van der Waals surface area contributed by atoms with Crippen LogP contribution in [0, 0.1) is 0 Å². The number of hydrogen-bond acceptors (Lipinski definition) is 5. The number of aromatic nitrogens is 2. The molecule has 0 aliphatic carbocycles. The quantitative estimate of drug-likeness (QED) is 0.804. The minimum absolute atomic E-state index is 0.260. The summed E-state index contributed by atoms with van der Waals surface area (Å²) in [5.41, 5.74) is 6.72. The van der Waals surface area contributed by atoms with Crippen LogP contribution in [0.5, 0.6) is 0 Å². The number of nitrogens with one attached hydrogen (secondary N) is 1. The average molecular weight is 242 g/mol. The summed E-state index contributed by atoms with van der Waals surface area (Å²) in [6, 6.07) is 0. The number of hydrogen-bond donors (Lipinski definition) is 2. The Morgan fingerprint density at radius 1 is 1.50 bits per heavy atom. The molecule has 0 saturated heterocycles. The van der Waals surface area contributed by atoms with E-state index < -0.39 is 10.8 Å². The maximum Gasteiger partial charge on any atom is 0.135 e. The Kier molecular flexibility index (Phi) is 4.67. The second kappa shape index (κ2) is 5.79. The van der Waals surface area contributed by atoms with Gasteiger partial charge in [0.05, 0.1) is 0 Å². The van der Waals surface area contributed by atoms with Crippen molar-refractivity contribution in [3.8, 4) is 0 Å². The predicted octanol–water partition coefficient (Wildman–Crippen LogP) is 0.973. The molecule has 0 aliphatic rings. The fraction of sp³-hybridized carbons (Fsp3) is 0.600. The molecule has 1 atom stereocenters. The monoisotopic (exact) mass is 242 g/mol. The van der Waals surface area contributed by atoms with Gasteiger partial charge >= 0.3 is 0 Å². The summed E-state index contributed by atoms with van der Waals surface area (Å²) >= 11 is 0. The molecular formula is C10H18N4OS. The molecule has 0 saturated carbocycles. The van der Waals surface area contributed by atoms with Crippen molar-refractivity contribution in [1.29, 1.82) is 0 Å². The first kappa shape index (κ1) is 12.9. The molecule has 5 nitrogen and oxygen atoms in total. The molecule has 0 aliphatic heterocycles. The van der Waals surface area contributed by atoms with Gasteiger partial charge in [-0.3, -0.25) is 4.21 Å². The van der Waals surface area contributed by atoms with Crippen molar-refractivity contribution in [2.24, 2.45) is 0 Å². The lowest BCUT2D eigenvalue weighted by Crippen LogP contribution is -2.14. The highest BCUT2D eigenvalue weighted by Crippen LogP contribution is 2.25. The van der Waals surface area contributed by atoms with Crippen LogP contribution in [0.4, 0.5) is 11.6 Å². The van der Waals surface area contributed by atoms with Crippen molar-refractivity contribution in [3.05, 3.63) is 11.9 Å². The SMILES string of the molecule is CC(C)c1c(N)ncnc1NCCS(C)=O. The van der Waals surface area contributed by atoms with Crippen LogP contribution in [0.15, 0.2) is 6.33 Å². The van der Waals surface area contributed by atoms with Crippen molar-refractivity contribution >= 4 is 22.4 Å². The Bertz CT molecular complexity index is 381. The lowest BCUT2D eigenvalue weighted by Gasteiger charge is -2.14. The zero-order chi connectivity index (χ0) is 12.1. The molecule has 3 N–H and O–H groups in total. The lowest BCUT2D eigenvalue weighted by molar-refractivity contribution is 0.687. The van der Waals surface area contributed by atoms with Gasteiger partial charge in [-0.2, -0.15) is 0 Å². The zero-order valence-electron chi connectivity index (χ0n) is 9.86. The van der Waals surface area contributed by atoms with Gasteiger partial charge in [0.25, 0.3) is 0 Å². The van der Waals surface area contributed by atoms with E-state index >= 15 is 0 Å². The molecule has 0 radical (unpaired) electrons. The van der Waals surface area contributed by atoms with Crippen molar-refractivity contribution in [2.75, 3.05) is 29.6 Å². The Balaban J connectivity index is 2.79. The number of nitrogen functional groups attached to an aromatic ring is 1. The third-order valence-electron chi connectivity index (χ3n) is 2.17. The summed E-state index contributed by atoms with van der Waals surface area (Å²) in [6.45, 7) is 4.70. The third-order valence-corrected chi connectivity index (χ3v) is 2.95. The Morgan fingerprint density at radius 3 is 2.75 bits per heavy atom. The van der Waals surface area contributed by atoms with E-state index in [-0.39, 0.29) is 5.92 Å². The molecule has 1 heterocycles. The summed E-state index contributed by atoms with van der Waals surface area (Å²) in [4.78, 5) is 8.13. The molecule has 0 spiro atoms. The van der Waals surface area contributed by atoms with Crippen molar-refractivity contribution in [1.82, 2.24) is 9.97 Å². The molecule has 6 heteroatoms. The van der Waals surface area contributed by atoms with E-state index in [0.29, 0.717) is 18.1 Å². The Labute approximate surface area is 98.3 Å². The van der Waals surface area contributed by atoms with Gasteiger partial charge in [0.15, 0.2) is 0 Å². The average Bonchev–Trinajstić information content (AvgIpc) is 2.16. The minimum atomic E-state index is -0.799. The third kappa shape index (κ3) is 3.44. The second-order valence-corrected chi connectivity index (χ2v) is 5.43. The maximum atomic E-state index is 10.9. The van der Waals surface area contributed by atoms with E-state index in [9.17, 15) is 4.21 Å². The van der Waals surface area contributed by atoms with Crippen molar-refractivity contribution in [3.63, 3.8) is 0 Å². The summed E-state index contributed by atoms with van der Waals surface area (Å²) in [5, 5.41) is 3.14. The van der Waals surface area contributed by atoms with Gasteiger partial charge < -0.3 is 11.1 Å². The molecule has 1 aromatic rings. The van der Waals surface area contributed by atoms with Gasteiger partial charge in [0.2, 0.25) is 0 Å². The molecule has 90 valence electrons. The molecule has 0 aromatic carbocycles. The molecule has 0 bridgehead atoms. The van der Waals surface area contributed by atoms with Gasteiger partial charge in [0, 0.05) is 34.9 Å².